The average Bonchev–Trinajstić information content (AvgIpc) is 3.69. The second-order valence-corrected chi connectivity index (χ2v) is 9.95. The number of likely N-dealkylation sites (tertiary alicyclic amines) is 1. The van der Waals surface area contributed by atoms with Gasteiger partial charge in [-0.3, -0.25) is 9.80 Å². The smallest absolute Gasteiger partial charge is 0.256 e. The van der Waals surface area contributed by atoms with Gasteiger partial charge in [0.2, 0.25) is 0 Å². The summed E-state index contributed by atoms with van der Waals surface area (Å²) in [6, 6.07) is 9.51. The van der Waals surface area contributed by atoms with Gasteiger partial charge in [-0.1, -0.05) is 25.4 Å². The summed E-state index contributed by atoms with van der Waals surface area (Å²) < 4.78 is 1.94. The van der Waals surface area contributed by atoms with Gasteiger partial charge in [0.25, 0.3) is 5.91 Å². The summed E-state index contributed by atoms with van der Waals surface area (Å²) in [5.74, 6) is 1.98. The Labute approximate surface area is 246 Å². The number of rotatable bonds is 5. The van der Waals surface area contributed by atoms with E-state index in [0.717, 1.165) is 80.5 Å². The predicted molar refractivity (Wildman–Crippen MR) is 164 cm³/mol. The Balaban J connectivity index is 0.000000725. The van der Waals surface area contributed by atoms with E-state index < -0.39 is 0 Å². The lowest BCUT2D eigenvalue weighted by Gasteiger charge is -2.35. The minimum atomic E-state index is -0.103. The molecule has 222 valence electrons. The summed E-state index contributed by atoms with van der Waals surface area (Å²) in [5.41, 5.74) is 6.55. The Bertz CT molecular complexity index is 1290. The zero-order valence-corrected chi connectivity index (χ0v) is 25.0. The number of fused-ring (bicyclic) bond motifs is 1. The van der Waals surface area contributed by atoms with Crippen LogP contribution in [0.2, 0.25) is 5.02 Å². The standard InChI is InChI=1S/C25H31ClN8O.C2H6.2CH2O/c1-27-19-8-7-17(26)14-18(19)25(35)32-12-3-2-6-21(32)20-15-23-29-22(31-10-5-11-31)16-24(34(23)30-20)33-13-4-9-28-33;3*1-2/h7-8,14-16,21,27-28H,2-6,9-13H2,1H3;1-2H3;2*1H2/t21-;;;/m0.../s1. The maximum atomic E-state index is 13.7. The molecule has 1 aromatic carbocycles. The van der Waals surface area contributed by atoms with Crippen LogP contribution in [0, 0.1) is 0 Å². The van der Waals surface area contributed by atoms with Crippen LogP contribution in [0.1, 0.15) is 68.0 Å². The number of halogens is 1. The molecule has 6 rings (SSSR count). The lowest BCUT2D eigenvalue weighted by molar-refractivity contribution is -0.0987. The number of carbonyl (C=O) groups is 3. The van der Waals surface area contributed by atoms with Gasteiger partial charge in [-0.25, -0.2) is 10.4 Å². The summed E-state index contributed by atoms with van der Waals surface area (Å²) in [4.78, 5) is 39.0. The van der Waals surface area contributed by atoms with Crippen LogP contribution in [-0.2, 0) is 9.59 Å². The van der Waals surface area contributed by atoms with Crippen molar-refractivity contribution in [2.75, 3.05) is 55.0 Å². The molecule has 2 aromatic heterocycles. The first-order chi connectivity index (χ1) is 20.1. The summed E-state index contributed by atoms with van der Waals surface area (Å²) in [6.45, 7) is 12.7. The third-order valence-corrected chi connectivity index (χ3v) is 7.55. The van der Waals surface area contributed by atoms with Gasteiger partial charge in [0.15, 0.2) is 5.65 Å². The highest BCUT2D eigenvalue weighted by Crippen LogP contribution is 2.35. The molecule has 3 fully saturated rings. The van der Waals surface area contributed by atoms with Crippen LogP contribution in [0.25, 0.3) is 5.65 Å². The van der Waals surface area contributed by atoms with E-state index in [1.165, 1.54) is 6.42 Å². The quantitative estimate of drug-likeness (QED) is 0.451. The Hall–Kier alpha value is -3.70. The lowest BCUT2D eigenvalue weighted by Crippen LogP contribution is -2.39. The van der Waals surface area contributed by atoms with Crippen LogP contribution in [0.5, 0.6) is 0 Å². The van der Waals surface area contributed by atoms with Crippen molar-refractivity contribution in [1.29, 1.82) is 0 Å². The molecule has 12 heteroatoms. The number of amides is 1. The first-order valence-corrected chi connectivity index (χ1v) is 14.5. The van der Waals surface area contributed by atoms with Gasteiger partial charge in [-0.05, 0) is 50.3 Å². The summed E-state index contributed by atoms with van der Waals surface area (Å²) in [6.07, 6.45) is 5.21. The van der Waals surface area contributed by atoms with Gasteiger partial charge in [0, 0.05) is 62.6 Å². The first-order valence-electron chi connectivity index (χ1n) is 14.1. The normalized spacial score (nSPS) is 17.8. The molecule has 0 spiro atoms. The van der Waals surface area contributed by atoms with E-state index in [1.807, 2.05) is 50.0 Å². The largest absolute Gasteiger partial charge is 0.387 e. The molecule has 0 bridgehead atoms. The highest BCUT2D eigenvalue weighted by atomic mass is 35.5. The number of hydrogen-bond acceptors (Lipinski definition) is 9. The van der Waals surface area contributed by atoms with Crippen molar-refractivity contribution in [2.24, 2.45) is 0 Å². The van der Waals surface area contributed by atoms with E-state index in [1.54, 1.807) is 12.1 Å². The highest BCUT2D eigenvalue weighted by molar-refractivity contribution is 6.31. The number of benzene rings is 1. The summed E-state index contributed by atoms with van der Waals surface area (Å²) in [7, 11) is 1.82. The Kier molecular flexibility index (Phi) is 11.9. The number of nitrogens with one attached hydrogen (secondary N) is 2. The van der Waals surface area contributed by atoms with Crippen molar-refractivity contribution < 1.29 is 14.4 Å². The second kappa shape index (κ2) is 15.3. The number of piperidine rings is 1. The van der Waals surface area contributed by atoms with E-state index in [4.69, 9.17) is 31.3 Å². The van der Waals surface area contributed by atoms with Crippen LogP contribution >= 0.6 is 11.6 Å². The summed E-state index contributed by atoms with van der Waals surface area (Å²) >= 11 is 6.26. The first kappa shape index (κ1) is 31.8. The molecule has 3 aliphatic rings. The molecule has 11 nitrogen and oxygen atoms in total. The van der Waals surface area contributed by atoms with Gasteiger partial charge in [0.05, 0.1) is 17.3 Å². The molecule has 41 heavy (non-hydrogen) atoms. The van der Waals surface area contributed by atoms with Crippen LogP contribution < -0.4 is 20.7 Å². The molecule has 0 aliphatic carbocycles. The van der Waals surface area contributed by atoms with Crippen LogP contribution in [0.3, 0.4) is 0 Å². The predicted octanol–water partition coefficient (Wildman–Crippen LogP) is 4.37. The van der Waals surface area contributed by atoms with E-state index >= 15 is 0 Å². The zero-order valence-electron chi connectivity index (χ0n) is 24.2. The monoisotopic (exact) mass is 584 g/mol. The van der Waals surface area contributed by atoms with Crippen molar-refractivity contribution in [3.05, 3.63) is 46.6 Å². The van der Waals surface area contributed by atoms with Crippen molar-refractivity contribution >= 4 is 54.1 Å². The van der Waals surface area contributed by atoms with Gasteiger partial charge in [0.1, 0.15) is 25.2 Å². The fourth-order valence-corrected chi connectivity index (χ4v) is 5.47. The molecule has 3 aromatic rings. The number of hydrogen-bond donors (Lipinski definition) is 2. The van der Waals surface area contributed by atoms with Crippen LogP contribution in [0.4, 0.5) is 17.3 Å². The number of nitrogens with zero attached hydrogens (tertiary/aromatic N) is 6. The van der Waals surface area contributed by atoms with Crippen LogP contribution in [0.15, 0.2) is 30.3 Å². The molecule has 0 saturated carbocycles. The van der Waals surface area contributed by atoms with Gasteiger partial charge in [-0.15, -0.1) is 0 Å². The molecular weight excluding hydrogens is 544 g/mol. The SMILES string of the molecule is C=O.C=O.CC.CNc1ccc(Cl)cc1C(=O)N1CCCC[C@H]1c1cc2nc(N3CCC3)cc(N3CCCN3)n2n1. The molecule has 5 heterocycles. The molecule has 1 amide bonds. The average molecular weight is 585 g/mol. The van der Waals surface area contributed by atoms with Gasteiger partial charge in [-0.2, -0.15) is 9.61 Å². The number of anilines is 3. The number of carbonyl (C=O) groups excluding carboxylic acids is 3. The fourth-order valence-electron chi connectivity index (χ4n) is 5.30. The minimum absolute atomic E-state index is 0.0192. The number of aromatic nitrogens is 3. The maximum Gasteiger partial charge on any atom is 0.256 e. The molecular formula is C29H41ClN8O3. The molecule has 0 radical (unpaired) electrons. The zero-order chi connectivity index (χ0) is 29.9. The van der Waals surface area contributed by atoms with Crippen molar-refractivity contribution in [3.8, 4) is 0 Å². The maximum absolute atomic E-state index is 13.7. The van der Waals surface area contributed by atoms with E-state index in [-0.39, 0.29) is 11.9 Å². The number of hydrazine groups is 1. The Morgan fingerprint density at radius 3 is 2.39 bits per heavy atom. The third-order valence-electron chi connectivity index (χ3n) is 7.32. The van der Waals surface area contributed by atoms with Crippen LogP contribution in [-0.4, -0.2) is 78.8 Å². The van der Waals surface area contributed by atoms with E-state index in [2.05, 4.69) is 32.8 Å². The fraction of sp³-hybridized carbons (Fsp3) is 0.483. The molecule has 2 N–H and O–H groups in total. The van der Waals surface area contributed by atoms with Crippen molar-refractivity contribution in [1.82, 2.24) is 24.9 Å². The molecule has 3 aliphatic heterocycles. The molecule has 1 atom stereocenters. The molecule has 3 saturated heterocycles. The second-order valence-electron chi connectivity index (χ2n) is 9.52. The highest BCUT2D eigenvalue weighted by Gasteiger charge is 2.33. The van der Waals surface area contributed by atoms with Gasteiger partial charge < -0.3 is 24.7 Å². The van der Waals surface area contributed by atoms with Gasteiger partial charge >= 0.3 is 0 Å². The topological polar surface area (TPSA) is 115 Å². The van der Waals surface area contributed by atoms with Crippen molar-refractivity contribution in [3.63, 3.8) is 0 Å². The van der Waals surface area contributed by atoms with E-state index in [9.17, 15) is 4.79 Å². The van der Waals surface area contributed by atoms with E-state index in [0.29, 0.717) is 17.1 Å². The molecule has 0 unspecified atom stereocenters. The third kappa shape index (κ3) is 6.79. The Morgan fingerprint density at radius 2 is 1.76 bits per heavy atom. The minimum Gasteiger partial charge on any atom is -0.387 e. The lowest BCUT2D eigenvalue weighted by atomic mass is 9.98. The Morgan fingerprint density at radius 1 is 1.00 bits per heavy atom. The summed E-state index contributed by atoms with van der Waals surface area (Å²) in [5, 5.41) is 10.9. The van der Waals surface area contributed by atoms with Crippen molar-refractivity contribution in [2.45, 2.75) is 52.0 Å².